The van der Waals surface area contributed by atoms with Gasteiger partial charge < -0.3 is 10.6 Å². The standard InChI is InChI=1S/C13H19N3O/c1-9-4-3-5-12(15-9)13(17)16-8-11(7-14)6-10(16)2/h3-5,10-11H,6-8,14H2,1-2H3. The number of likely N-dealkylation sites (tertiary alicyclic amines) is 1. The van der Waals surface area contributed by atoms with E-state index >= 15 is 0 Å². The fourth-order valence-electron chi connectivity index (χ4n) is 2.41. The number of aromatic nitrogens is 1. The number of aryl methyl sites for hydroxylation is 1. The number of nitrogens with two attached hydrogens (primary N) is 1. The van der Waals surface area contributed by atoms with Gasteiger partial charge in [0.05, 0.1) is 0 Å². The molecule has 1 aromatic heterocycles. The third kappa shape index (κ3) is 2.47. The molecule has 0 saturated carbocycles. The number of hydrogen-bond acceptors (Lipinski definition) is 3. The topological polar surface area (TPSA) is 59.2 Å². The molecule has 0 bridgehead atoms. The molecule has 2 rings (SSSR count). The van der Waals surface area contributed by atoms with Crippen LogP contribution in [0.5, 0.6) is 0 Å². The van der Waals surface area contributed by atoms with Crippen molar-refractivity contribution in [1.29, 1.82) is 0 Å². The van der Waals surface area contributed by atoms with Crippen LogP contribution in [0.3, 0.4) is 0 Å². The molecule has 4 heteroatoms. The minimum Gasteiger partial charge on any atom is -0.334 e. The van der Waals surface area contributed by atoms with Gasteiger partial charge in [-0.05, 0) is 44.9 Å². The molecular formula is C13H19N3O. The van der Waals surface area contributed by atoms with Crippen LogP contribution in [0.15, 0.2) is 18.2 Å². The van der Waals surface area contributed by atoms with Crippen molar-refractivity contribution < 1.29 is 4.79 Å². The average molecular weight is 233 g/mol. The molecule has 0 aliphatic carbocycles. The Kier molecular flexibility index (Phi) is 3.43. The van der Waals surface area contributed by atoms with E-state index in [4.69, 9.17) is 5.73 Å². The van der Waals surface area contributed by atoms with E-state index in [2.05, 4.69) is 11.9 Å². The maximum atomic E-state index is 12.3. The van der Waals surface area contributed by atoms with Crippen LogP contribution in [0, 0.1) is 12.8 Å². The fourth-order valence-corrected chi connectivity index (χ4v) is 2.41. The zero-order chi connectivity index (χ0) is 12.4. The van der Waals surface area contributed by atoms with Crippen LogP contribution in [0.1, 0.15) is 29.5 Å². The monoisotopic (exact) mass is 233 g/mol. The Labute approximate surface area is 102 Å². The fraction of sp³-hybridized carbons (Fsp3) is 0.538. The Bertz CT molecular complexity index is 419. The molecule has 1 saturated heterocycles. The molecule has 1 aliphatic heterocycles. The van der Waals surface area contributed by atoms with E-state index in [1.807, 2.05) is 24.0 Å². The lowest BCUT2D eigenvalue weighted by atomic mass is 10.1. The lowest BCUT2D eigenvalue weighted by Crippen LogP contribution is -2.35. The first-order valence-electron chi connectivity index (χ1n) is 6.06. The Morgan fingerprint density at radius 2 is 2.35 bits per heavy atom. The van der Waals surface area contributed by atoms with E-state index in [1.165, 1.54) is 0 Å². The van der Waals surface area contributed by atoms with Crippen LogP contribution in [0.2, 0.25) is 0 Å². The van der Waals surface area contributed by atoms with E-state index in [-0.39, 0.29) is 11.9 Å². The second-order valence-corrected chi connectivity index (χ2v) is 4.81. The zero-order valence-corrected chi connectivity index (χ0v) is 10.4. The van der Waals surface area contributed by atoms with Crippen LogP contribution in [0.4, 0.5) is 0 Å². The predicted molar refractivity (Wildman–Crippen MR) is 66.6 cm³/mol. The van der Waals surface area contributed by atoms with Gasteiger partial charge in [0.1, 0.15) is 5.69 Å². The molecule has 4 nitrogen and oxygen atoms in total. The summed E-state index contributed by atoms with van der Waals surface area (Å²) >= 11 is 0. The molecule has 17 heavy (non-hydrogen) atoms. The molecule has 0 spiro atoms. The lowest BCUT2D eigenvalue weighted by Gasteiger charge is -2.21. The number of carbonyl (C=O) groups is 1. The number of carbonyl (C=O) groups excluding carboxylic acids is 1. The summed E-state index contributed by atoms with van der Waals surface area (Å²) in [4.78, 5) is 18.5. The van der Waals surface area contributed by atoms with Gasteiger partial charge in [-0.15, -0.1) is 0 Å². The van der Waals surface area contributed by atoms with Crippen molar-refractivity contribution in [2.24, 2.45) is 11.7 Å². The van der Waals surface area contributed by atoms with Crippen LogP contribution in [-0.4, -0.2) is 34.9 Å². The number of amides is 1. The molecule has 2 N–H and O–H groups in total. The van der Waals surface area contributed by atoms with Gasteiger partial charge in [0.25, 0.3) is 5.91 Å². The van der Waals surface area contributed by atoms with Crippen molar-refractivity contribution in [1.82, 2.24) is 9.88 Å². The summed E-state index contributed by atoms with van der Waals surface area (Å²) in [6.45, 7) is 5.37. The quantitative estimate of drug-likeness (QED) is 0.835. The van der Waals surface area contributed by atoms with Gasteiger partial charge in [-0.1, -0.05) is 6.07 Å². The van der Waals surface area contributed by atoms with Crippen molar-refractivity contribution in [3.63, 3.8) is 0 Å². The third-order valence-corrected chi connectivity index (χ3v) is 3.36. The van der Waals surface area contributed by atoms with Crippen molar-refractivity contribution in [3.8, 4) is 0 Å². The summed E-state index contributed by atoms with van der Waals surface area (Å²) in [5, 5.41) is 0. The van der Waals surface area contributed by atoms with Crippen molar-refractivity contribution in [2.75, 3.05) is 13.1 Å². The van der Waals surface area contributed by atoms with E-state index in [1.54, 1.807) is 6.07 Å². The summed E-state index contributed by atoms with van der Waals surface area (Å²) in [5.74, 6) is 0.455. The van der Waals surface area contributed by atoms with Crippen LogP contribution in [-0.2, 0) is 0 Å². The molecule has 2 heterocycles. The summed E-state index contributed by atoms with van der Waals surface area (Å²) in [6, 6.07) is 5.81. The second-order valence-electron chi connectivity index (χ2n) is 4.81. The maximum Gasteiger partial charge on any atom is 0.272 e. The Morgan fingerprint density at radius 3 is 2.94 bits per heavy atom. The van der Waals surface area contributed by atoms with E-state index < -0.39 is 0 Å². The minimum atomic E-state index is 0.0251. The summed E-state index contributed by atoms with van der Waals surface area (Å²) in [5.41, 5.74) is 7.08. The van der Waals surface area contributed by atoms with Gasteiger partial charge in [0.15, 0.2) is 0 Å². The van der Waals surface area contributed by atoms with E-state index in [9.17, 15) is 4.79 Å². The number of hydrogen-bond donors (Lipinski definition) is 1. The van der Waals surface area contributed by atoms with Crippen LogP contribution < -0.4 is 5.73 Å². The predicted octanol–water partition coefficient (Wildman–Crippen LogP) is 1.20. The van der Waals surface area contributed by atoms with Crippen molar-refractivity contribution >= 4 is 5.91 Å². The number of rotatable bonds is 2. The number of nitrogens with zero attached hydrogens (tertiary/aromatic N) is 2. The highest BCUT2D eigenvalue weighted by Gasteiger charge is 2.32. The molecular weight excluding hydrogens is 214 g/mol. The Balaban J connectivity index is 2.15. The zero-order valence-electron chi connectivity index (χ0n) is 10.4. The highest BCUT2D eigenvalue weighted by molar-refractivity contribution is 5.92. The van der Waals surface area contributed by atoms with Crippen LogP contribution in [0.25, 0.3) is 0 Å². The van der Waals surface area contributed by atoms with Gasteiger partial charge in [0.2, 0.25) is 0 Å². The Morgan fingerprint density at radius 1 is 1.59 bits per heavy atom. The SMILES string of the molecule is Cc1cccc(C(=O)N2CC(CN)CC2C)n1. The first-order chi connectivity index (χ1) is 8.11. The highest BCUT2D eigenvalue weighted by atomic mass is 16.2. The first kappa shape index (κ1) is 12.0. The van der Waals surface area contributed by atoms with E-state index in [0.717, 1.165) is 18.7 Å². The smallest absolute Gasteiger partial charge is 0.272 e. The summed E-state index contributed by atoms with van der Waals surface area (Å²) in [7, 11) is 0. The van der Waals surface area contributed by atoms with Crippen molar-refractivity contribution in [3.05, 3.63) is 29.6 Å². The maximum absolute atomic E-state index is 12.3. The molecule has 1 aliphatic rings. The lowest BCUT2D eigenvalue weighted by molar-refractivity contribution is 0.0737. The van der Waals surface area contributed by atoms with Gasteiger partial charge in [0, 0.05) is 18.3 Å². The first-order valence-corrected chi connectivity index (χ1v) is 6.06. The molecule has 1 amide bonds. The van der Waals surface area contributed by atoms with Crippen molar-refractivity contribution in [2.45, 2.75) is 26.3 Å². The van der Waals surface area contributed by atoms with Gasteiger partial charge in [-0.2, -0.15) is 0 Å². The van der Waals surface area contributed by atoms with E-state index in [0.29, 0.717) is 18.2 Å². The molecule has 1 fully saturated rings. The molecule has 2 unspecified atom stereocenters. The average Bonchev–Trinajstić information content (AvgIpc) is 2.69. The second kappa shape index (κ2) is 4.84. The highest BCUT2D eigenvalue weighted by Crippen LogP contribution is 2.23. The van der Waals surface area contributed by atoms with Gasteiger partial charge in [-0.25, -0.2) is 4.98 Å². The van der Waals surface area contributed by atoms with Crippen LogP contribution >= 0.6 is 0 Å². The number of pyridine rings is 1. The summed E-state index contributed by atoms with van der Waals surface area (Å²) in [6.07, 6.45) is 0.994. The molecule has 92 valence electrons. The molecule has 0 radical (unpaired) electrons. The largest absolute Gasteiger partial charge is 0.334 e. The molecule has 1 aromatic rings. The van der Waals surface area contributed by atoms with Gasteiger partial charge in [-0.3, -0.25) is 4.79 Å². The Hall–Kier alpha value is -1.42. The normalized spacial score (nSPS) is 24.1. The summed E-state index contributed by atoms with van der Waals surface area (Å²) < 4.78 is 0. The third-order valence-electron chi connectivity index (χ3n) is 3.36. The molecule has 2 atom stereocenters. The molecule has 0 aromatic carbocycles. The minimum absolute atomic E-state index is 0.0251. The van der Waals surface area contributed by atoms with Gasteiger partial charge >= 0.3 is 0 Å².